The predicted octanol–water partition coefficient (Wildman–Crippen LogP) is 5.85. The van der Waals surface area contributed by atoms with Crippen molar-refractivity contribution in [3.05, 3.63) is 40.1 Å². The summed E-state index contributed by atoms with van der Waals surface area (Å²) >= 11 is 18.6. The number of aliphatic imine (C=N–C) groups is 1. The fourth-order valence-corrected chi connectivity index (χ4v) is 5.81. The summed E-state index contributed by atoms with van der Waals surface area (Å²) < 4.78 is 9.06. The molecule has 3 rings (SSSR count). The maximum absolute atomic E-state index is 13.5. The summed E-state index contributed by atoms with van der Waals surface area (Å²) in [6, 6.07) is 3.74. The molecule has 204 valence electrons. The molecule has 2 atom stereocenters. The van der Waals surface area contributed by atoms with Crippen LogP contribution < -0.4 is 0 Å². The van der Waals surface area contributed by atoms with Crippen molar-refractivity contribution in [2.24, 2.45) is 4.99 Å². The molecule has 0 spiro atoms. The molecule has 0 radical (unpaired) electrons. The molecule has 1 aromatic rings. The Morgan fingerprint density at radius 2 is 1.73 bits per heavy atom. The number of halogens is 3. The number of methoxy groups -OCH3 is 1. The quantitative estimate of drug-likeness (QED) is 0.200. The van der Waals surface area contributed by atoms with Crippen molar-refractivity contribution < 1.29 is 24.2 Å². The second kappa shape index (κ2) is 10.3. The molecular weight excluding hydrogens is 559 g/mol. The van der Waals surface area contributed by atoms with Crippen LogP contribution in [0.15, 0.2) is 28.4 Å². The number of hydrogen-bond donors (Lipinski definition) is 1. The van der Waals surface area contributed by atoms with Crippen LogP contribution in [-0.4, -0.2) is 62.5 Å². The molecule has 37 heavy (non-hydrogen) atoms. The summed E-state index contributed by atoms with van der Waals surface area (Å²) in [5, 5.41) is 10.4. The number of rotatable bonds is 5. The number of ether oxygens (including phenoxy) is 2. The third-order valence-corrected chi connectivity index (χ3v) is 8.00. The van der Waals surface area contributed by atoms with E-state index < -0.39 is 33.4 Å². The van der Waals surface area contributed by atoms with Crippen LogP contribution in [0.4, 0.5) is 0 Å². The lowest BCUT2D eigenvalue weighted by molar-refractivity contribution is -0.182. The average molecular weight is 592 g/mol. The number of nitrogens with zero attached hydrogens (tertiary/aromatic N) is 2. The number of fused-ring (bicyclic) bond motifs is 1. The van der Waals surface area contributed by atoms with Crippen LogP contribution in [0, 0.1) is 0 Å². The number of carbonyl (C=O) groups excluding carboxylic acids is 2. The topological polar surface area (TPSA) is 88.4 Å². The second-order valence-corrected chi connectivity index (χ2v) is 14.9. The number of phenolic OH excluding ortho intramolecular Hbond substituents is 1. The first-order valence-corrected chi connectivity index (χ1v) is 13.9. The molecule has 0 bridgehead atoms. The van der Waals surface area contributed by atoms with Crippen molar-refractivity contribution in [1.82, 2.24) is 4.90 Å². The zero-order valence-electron chi connectivity index (χ0n) is 22.2. The van der Waals surface area contributed by atoms with E-state index in [-0.39, 0.29) is 22.3 Å². The zero-order chi connectivity index (χ0) is 28.1. The van der Waals surface area contributed by atoms with Gasteiger partial charge in [-0.3, -0.25) is 9.69 Å². The van der Waals surface area contributed by atoms with Crippen LogP contribution >= 0.6 is 46.6 Å². The van der Waals surface area contributed by atoms with Crippen molar-refractivity contribution in [3.63, 3.8) is 0 Å². The van der Waals surface area contributed by atoms with E-state index in [0.717, 1.165) is 16.7 Å². The van der Waals surface area contributed by atoms with Crippen molar-refractivity contribution in [2.75, 3.05) is 19.5 Å². The molecule has 2 aliphatic rings. The molecule has 1 amide bonds. The van der Waals surface area contributed by atoms with Gasteiger partial charge in [0, 0.05) is 30.2 Å². The molecule has 2 heterocycles. The predicted molar refractivity (Wildman–Crippen MR) is 150 cm³/mol. The van der Waals surface area contributed by atoms with E-state index in [1.54, 1.807) is 13.1 Å². The molecule has 0 aromatic heterocycles. The highest BCUT2D eigenvalue weighted by molar-refractivity contribution is 8.00. The van der Waals surface area contributed by atoms with Gasteiger partial charge in [-0.1, -0.05) is 76.3 Å². The highest BCUT2D eigenvalue weighted by Gasteiger charge is 2.66. The summed E-state index contributed by atoms with van der Waals surface area (Å²) in [7, 11) is 1.41. The zero-order valence-corrected chi connectivity index (χ0v) is 25.3. The van der Waals surface area contributed by atoms with Crippen LogP contribution in [0.1, 0.15) is 65.2 Å². The summed E-state index contributed by atoms with van der Waals surface area (Å²) in [6.45, 7) is 13.4. The van der Waals surface area contributed by atoms with Crippen molar-refractivity contribution in [1.29, 1.82) is 0 Å². The molecule has 0 saturated carbocycles. The standard InChI is InChI=1S/C26H33Cl3N2O5S/c1-14-12-37-22-26(35-8,21(34)31(22)18(14)20(33)36-13-25(27,28)29)30-11-15-9-16(23(2,3)4)19(32)17(10-15)24(5,6)7/h9-11,22,32H,12-13H2,1-8H3/b30-11+/t22-,26+/m1/s1. The first-order chi connectivity index (χ1) is 16.8. The van der Waals surface area contributed by atoms with E-state index in [0.29, 0.717) is 11.3 Å². The largest absolute Gasteiger partial charge is 0.507 e. The minimum atomic E-state index is -1.77. The molecule has 0 unspecified atom stereocenters. The summed E-state index contributed by atoms with van der Waals surface area (Å²) in [6.07, 6.45) is 1.59. The summed E-state index contributed by atoms with van der Waals surface area (Å²) in [5.74, 6) is -0.519. The highest BCUT2D eigenvalue weighted by Crippen LogP contribution is 2.49. The van der Waals surface area contributed by atoms with Gasteiger partial charge < -0.3 is 14.6 Å². The maximum Gasteiger partial charge on any atom is 0.355 e. The van der Waals surface area contributed by atoms with Crippen LogP contribution in [-0.2, 0) is 29.9 Å². The Labute approximate surface area is 237 Å². The monoisotopic (exact) mass is 590 g/mol. The lowest BCUT2D eigenvalue weighted by Gasteiger charge is -2.53. The van der Waals surface area contributed by atoms with Gasteiger partial charge in [0.25, 0.3) is 11.6 Å². The molecule has 1 aromatic carbocycles. The van der Waals surface area contributed by atoms with Gasteiger partial charge in [0.05, 0.1) is 0 Å². The third kappa shape index (κ3) is 5.93. The third-order valence-electron chi connectivity index (χ3n) is 6.22. The molecular formula is C26H33Cl3N2O5S. The van der Waals surface area contributed by atoms with Gasteiger partial charge in [0.15, 0.2) is 0 Å². The Balaban J connectivity index is 1.97. The van der Waals surface area contributed by atoms with E-state index in [4.69, 9.17) is 44.3 Å². The molecule has 2 aliphatic heterocycles. The first kappa shape index (κ1) is 30.1. The molecule has 11 heteroatoms. The number of esters is 1. The Morgan fingerprint density at radius 1 is 1.19 bits per heavy atom. The number of benzene rings is 1. The minimum absolute atomic E-state index is 0.112. The van der Waals surface area contributed by atoms with E-state index >= 15 is 0 Å². The van der Waals surface area contributed by atoms with E-state index in [1.807, 2.05) is 53.7 Å². The van der Waals surface area contributed by atoms with Gasteiger partial charge in [-0.15, -0.1) is 11.8 Å². The van der Waals surface area contributed by atoms with Gasteiger partial charge in [-0.05, 0) is 41.0 Å². The number of phenols is 1. The number of amides is 1. The van der Waals surface area contributed by atoms with Crippen molar-refractivity contribution in [3.8, 4) is 5.75 Å². The number of carbonyl (C=O) groups is 2. The maximum atomic E-state index is 13.5. The Hall–Kier alpha value is -1.45. The molecule has 1 N–H and O–H groups in total. The second-order valence-electron chi connectivity index (χ2n) is 11.3. The first-order valence-electron chi connectivity index (χ1n) is 11.7. The summed E-state index contributed by atoms with van der Waals surface area (Å²) in [5.41, 5.74) is 0.900. The van der Waals surface area contributed by atoms with Crippen LogP contribution in [0.3, 0.4) is 0 Å². The minimum Gasteiger partial charge on any atom is -0.507 e. The SMILES string of the molecule is CO[C@@]1(/N=C/c2cc(C(C)(C)C)c(O)c(C(C)(C)C)c2)C(=O)N2C(C(=O)OCC(Cl)(Cl)Cl)=C(C)CS[C@@H]21. The van der Waals surface area contributed by atoms with Gasteiger partial charge in [0.2, 0.25) is 3.79 Å². The van der Waals surface area contributed by atoms with Gasteiger partial charge in [-0.25, -0.2) is 9.79 Å². The van der Waals surface area contributed by atoms with Crippen LogP contribution in [0.5, 0.6) is 5.75 Å². The van der Waals surface area contributed by atoms with E-state index in [9.17, 15) is 14.7 Å². The van der Waals surface area contributed by atoms with Gasteiger partial charge in [-0.2, -0.15) is 0 Å². The fourth-order valence-electron chi connectivity index (χ4n) is 4.27. The average Bonchev–Trinajstić information content (AvgIpc) is 2.76. The van der Waals surface area contributed by atoms with Crippen molar-refractivity contribution in [2.45, 2.75) is 74.2 Å². The molecule has 1 saturated heterocycles. The summed E-state index contributed by atoms with van der Waals surface area (Å²) in [4.78, 5) is 32.2. The fraction of sp³-hybridized carbons (Fsp3) is 0.577. The van der Waals surface area contributed by atoms with Crippen LogP contribution in [0.2, 0.25) is 0 Å². The number of aromatic hydroxyl groups is 1. The molecule has 7 nitrogen and oxygen atoms in total. The van der Waals surface area contributed by atoms with Gasteiger partial charge in [0.1, 0.15) is 23.4 Å². The number of β-lactam (4-membered cyclic amide) rings is 1. The lowest BCUT2D eigenvalue weighted by atomic mass is 9.78. The highest BCUT2D eigenvalue weighted by atomic mass is 35.6. The normalized spacial score (nSPS) is 22.8. The Bertz CT molecular complexity index is 1130. The van der Waals surface area contributed by atoms with E-state index in [2.05, 4.69) is 4.99 Å². The number of hydrogen-bond acceptors (Lipinski definition) is 7. The van der Waals surface area contributed by atoms with Gasteiger partial charge >= 0.3 is 5.97 Å². The smallest absolute Gasteiger partial charge is 0.355 e. The van der Waals surface area contributed by atoms with Crippen molar-refractivity contribution >= 4 is 64.7 Å². The Kier molecular flexibility index (Phi) is 8.35. The number of alkyl halides is 3. The van der Waals surface area contributed by atoms with Crippen LogP contribution in [0.25, 0.3) is 0 Å². The molecule has 0 aliphatic carbocycles. The Morgan fingerprint density at radius 3 is 2.19 bits per heavy atom. The van der Waals surface area contributed by atoms with E-state index in [1.165, 1.54) is 23.8 Å². The number of thioether (sulfide) groups is 1. The molecule has 1 fully saturated rings. The lowest BCUT2D eigenvalue weighted by Crippen LogP contribution is -2.73.